The van der Waals surface area contributed by atoms with Crippen molar-refractivity contribution in [2.45, 2.75) is 24.2 Å². The molecule has 0 unspecified atom stereocenters. The van der Waals surface area contributed by atoms with Gasteiger partial charge in [-0.15, -0.1) is 12.4 Å². The molecule has 0 heterocycles. The van der Waals surface area contributed by atoms with E-state index in [2.05, 4.69) is 0 Å². The van der Waals surface area contributed by atoms with Crippen LogP contribution in [0.5, 0.6) is 5.75 Å². The van der Waals surface area contributed by atoms with Crippen LogP contribution in [0.3, 0.4) is 0 Å². The maximum Gasteiger partial charge on any atom is 0.222 e. The normalized spacial score (nSPS) is 10.8. The number of sulfone groups is 1. The molecule has 28 heavy (non-hydrogen) atoms. The minimum Gasteiger partial charge on any atom is -0.494 e. The van der Waals surface area contributed by atoms with Crippen molar-refractivity contribution in [1.82, 2.24) is 4.90 Å². The summed E-state index contributed by atoms with van der Waals surface area (Å²) < 4.78 is 28.4. The van der Waals surface area contributed by atoms with Crippen LogP contribution in [0.25, 0.3) is 0 Å². The number of ether oxygens (including phenoxy) is 1. The number of aryl methyl sites for hydroxylation is 1. The SMILES string of the molecule is CN(CCCOc1ccc(S(C)(=O)=O)cc1)C(=O)CCc1ccccc1N.Cl. The van der Waals surface area contributed by atoms with Crippen LogP contribution in [0.2, 0.25) is 0 Å². The van der Waals surface area contributed by atoms with Gasteiger partial charge in [-0.3, -0.25) is 4.79 Å². The van der Waals surface area contributed by atoms with Gasteiger partial charge >= 0.3 is 0 Å². The Bertz CT molecular complexity index is 870. The molecule has 0 spiro atoms. The molecular formula is C20H27ClN2O4S. The quantitative estimate of drug-likeness (QED) is 0.491. The number of carbonyl (C=O) groups excluding carboxylic acids is 1. The molecule has 2 aromatic rings. The minimum atomic E-state index is -3.20. The number of halogens is 1. The highest BCUT2D eigenvalue weighted by molar-refractivity contribution is 7.90. The van der Waals surface area contributed by atoms with E-state index < -0.39 is 9.84 Å². The Morgan fingerprint density at radius 3 is 2.36 bits per heavy atom. The lowest BCUT2D eigenvalue weighted by molar-refractivity contribution is -0.129. The molecule has 0 saturated heterocycles. The topological polar surface area (TPSA) is 89.7 Å². The summed E-state index contributed by atoms with van der Waals surface area (Å²) >= 11 is 0. The molecule has 0 atom stereocenters. The standard InChI is InChI=1S/C20H26N2O4S.ClH/c1-22(20(23)13-8-16-6-3-4-7-19(16)21)14-5-15-26-17-9-11-18(12-10-17)27(2,24)25;/h3-4,6-7,9-12H,5,8,13-15,21H2,1-2H3;1H. The fourth-order valence-corrected chi connectivity index (χ4v) is 3.22. The molecule has 8 heteroatoms. The summed E-state index contributed by atoms with van der Waals surface area (Å²) in [5, 5.41) is 0. The number of hydrogen-bond donors (Lipinski definition) is 1. The van der Waals surface area contributed by atoms with Gasteiger partial charge in [-0.05, 0) is 48.7 Å². The lowest BCUT2D eigenvalue weighted by Gasteiger charge is -2.17. The number of benzene rings is 2. The van der Waals surface area contributed by atoms with Crippen LogP contribution in [0.4, 0.5) is 5.69 Å². The monoisotopic (exact) mass is 426 g/mol. The Morgan fingerprint density at radius 1 is 1.11 bits per heavy atom. The highest BCUT2D eigenvalue weighted by atomic mass is 35.5. The number of para-hydroxylation sites is 1. The molecule has 2 N–H and O–H groups in total. The number of rotatable bonds is 9. The third-order valence-corrected chi connectivity index (χ3v) is 5.38. The van der Waals surface area contributed by atoms with Gasteiger partial charge in [-0.1, -0.05) is 18.2 Å². The molecule has 0 fully saturated rings. The third kappa shape index (κ3) is 7.40. The van der Waals surface area contributed by atoms with E-state index in [0.717, 1.165) is 5.56 Å². The number of anilines is 1. The lowest BCUT2D eigenvalue weighted by atomic mass is 10.1. The Morgan fingerprint density at radius 2 is 1.75 bits per heavy atom. The van der Waals surface area contributed by atoms with Crippen LogP contribution in [0.1, 0.15) is 18.4 Å². The minimum absolute atomic E-state index is 0. The molecule has 2 aromatic carbocycles. The molecule has 0 aliphatic heterocycles. The molecule has 2 rings (SSSR count). The second kappa shape index (κ2) is 10.9. The first-order valence-corrected chi connectivity index (χ1v) is 10.7. The van der Waals surface area contributed by atoms with E-state index in [0.29, 0.717) is 43.9 Å². The van der Waals surface area contributed by atoms with Crippen molar-refractivity contribution in [2.24, 2.45) is 0 Å². The number of hydrogen-bond acceptors (Lipinski definition) is 5. The largest absolute Gasteiger partial charge is 0.494 e. The second-order valence-corrected chi connectivity index (χ2v) is 8.48. The molecule has 0 aromatic heterocycles. The summed E-state index contributed by atoms with van der Waals surface area (Å²) in [5.74, 6) is 0.673. The lowest BCUT2D eigenvalue weighted by Crippen LogP contribution is -2.28. The number of nitrogen functional groups attached to an aromatic ring is 1. The van der Waals surface area contributed by atoms with E-state index in [1.165, 1.54) is 18.4 Å². The van der Waals surface area contributed by atoms with E-state index >= 15 is 0 Å². The van der Waals surface area contributed by atoms with Gasteiger partial charge in [0.1, 0.15) is 5.75 Å². The molecule has 154 valence electrons. The summed E-state index contributed by atoms with van der Waals surface area (Å²) in [4.78, 5) is 14.2. The van der Waals surface area contributed by atoms with E-state index in [1.807, 2.05) is 24.3 Å². The highest BCUT2D eigenvalue weighted by Crippen LogP contribution is 2.16. The van der Waals surface area contributed by atoms with E-state index in [4.69, 9.17) is 10.5 Å². The Kier molecular flexibility index (Phi) is 9.28. The average Bonchev–Trinajstić information content (AvgIpc) is 2.63. The summed E-state index contributed by atoms with van der Waals surface area (Å²) in [5.41, 5.74) is 7.59. The van der Waals surface area contributed by atoms with E-state index in [9.17, 15) is 13.2 Å². The molecule has 0 radical (unpaired) electrons. The first kappa shape index (κ1) is 23.8. The predicted molar refractivity (Wildman–Crippen MR) is 114 cm³/mol. The predicted octanol–water partition coefficient (Wildman–Crippen LogP) is 2.95. The van der Waals surface area contributed by atoms with Gasteiger partial charge in [0.25, 0.3) is 0 Å². The maximum atomic E-state index is 12.2. The van der Waals surface area contributed by atoms with Gasteiger partial charge < -0.3 is 15.4 Å². The van der Waals surface area contributed by atoms with Crippen LogP contribution >= 0.6 is 12.4 Å². The smallest absolute Gasteiger partial charge is 0.222 e. The van der Waals surface area contributed by atoms with Crippen LogP contribution in [-0.4, -0.2) is 45.7 Å². The Balaban J connectivity index is 0.00000392. The first-order valence-electron chi connectivity index (χ1n) is 8.77. The van der Waals surface area contributed by atoms with Crippen molar-refractivity contribution < 1.29 is 17.9 Å². The summed E-state index contributed by atoms with van der Waals surface area (Å²) in [6.07, 6.45) is 2.89. The van der Waals surface area contributed by atoms with E-state index in [-0.39, 0.29) is 23.2 Å². The second-order valence-electron chi connectivity index (χ2n) is 6.46. The number of amides is 1. The Labute approximate surface area is 173 Å². The first-order chi connectivity index (χ1) is 12.8. The molecule has 0 saturated carbocycles. The average molecular weight is 427 g/mol. The van der Waals surface area contributed by atoms with Crippen LogP contribution in [0.15, 0.2) is 53.4 Å². The zero-order chi connectivity index (χ0) is 19.9. The fourth-order valence-electron chi connectivity index (χ4n) is 2.59. The van der Waals surface area contributed by atoms with Crippen LogP contribution < -0.4 is 10.5 Å². The van der Waals surface area contributed by atoms with E-state index in [1.54, 1.807) is 24.1 Å². The van der Waals surface area contributed by atoms with Gasteiger partial charge in [-0.2, -0.15) is 0 Å². The van der Waals surface area contributed by atoms with Crippen molar-refractivity contribution in [1.29, 1.82) is 0 Å². The number of nitrogens with two attached hydrogens (primary N) is 1. The van der Waals surface area contributed by atoms with Gasteiger partial charge in [0, 0.05) is 32.0 Å². The number of carbonyl (C=O) groups is 1. The van der Waals surface area contributed by atoms with Crippen molar-refractivity contribution in [3.63, 3.8) is 0 Å². The molecule has 0 bridgehead atoms. The van der Waals surface area contributed by atoms with Crippen LogP contribution in [0, 0.1) is 0 Å². The highest BCUT2D eigenvalue weighted by Gasteiger charge is 2.10. The number of nitrogens with zero attached hydrogens (tertiary/aromatic N) is 1. The zero-order valence-electron chi connectivity index (χ0n) is 16.1. The molecule has 1 amide bonds. The van der Waals surface area contributed by atoms with Crippen molar-refractivity contribution in [2.75, 3.05) is 32.2 Å². The molecule has 0 aliphatic carbocycles. The Hall–Kier alpha value is -2.25. The molecule has 0 aliphatic rings. The summed E-state index contributed by atoms with van der Waals surface area (Å²) in [6, 6.07) is 13.9. The van der Waals surface area contributed by atoms with Crippen molar-refractivity contribution in [3.05, 3.63) is 54.1 Å². The van der Waals surface area contributed by atoms with Crippen molar-refractivity contribution in [3.8, 4) is 5.75 Å². The maximum absolute atomic E-state index is 12.2. The summed E-state index contributed by atoms with van der Waals surface area (Å²) in [6.45, 7) is 1.03. The summed E-state index contributed by atoms with van der Waals surface area (Å²) in [7, 11) is -1.43. The van der Waals surface area contributed by atoms with Crippen molar-refractivity contribution >= 4 is 33.8 Å². The zero-order valence-corrected chi connectivity index (χ0v) is 17.8. The van der Waals surface area contributed by atoms with Gasteiger partial charge in [0.15, 0.2) is 9.84 Å². The van der Waals surface area contributed by atoms with Crippen LogP contribution in [-0.2, 0) is 21.1 Å². The van der Waals surface area contributed by atoms with Gasteiger partial charge in [0.2, 0.25) is 5.91 Å². The van der Waals surface area contributed by atoms with Gasteiger partial charge in [0.05, 0.1) is 11.5 Å². The molecular weight excluding hydrogens is 400 g/mol. The molecule has 6 nitrogen and oxygen atoms in total. The third-order valence-electron chi connectivity index (χ3n) is 4.25. The fraction of sp³-hybridized carbons (Fsp3) is 0.350. The van der Waals surface area contributed by atoms with Gasteiger partial charge in [-0.25, -0.2) is 8.42 Å².